The standard InChI is InChI=1S/C11H19BrO/c1-4-6-7-8-11(5-2)13-10(3)9-12/h2,10-11H,4,6-9H2,1,3H3. The van der Waals surface area contributed by atoms with Crippen molar-refractivity contribution in [3.63, 3.8) is 0 Å². The zero-order chi connectivity index (χ0) is 10.1. The highest BCUT2D eigenvalue weighted by Crippen LogP contribution is 2.09. The van der Waals surface area contributed by atoms with Crippen LogP contribution in [-0.4, -0.2) is 17.5 Å². The van der Waals surface area contributed by atoms with E-state index in [-0.39, 0.29) is 12.2 Å². The van der Waals surface area contributed by atoms with Crippen LogP contribution in [0.4, 0.5) is 0 Å². The third-order valence-electron chi connectivity index (χ3n) is 1.87. The fourth-order valence-corrected chi connectivity index (χ4v) is 1.24. The molecule has 0 saturated heterocycles. The summed E-state index contributed by atoms with van der Waals surface area (Å²) >= 11 is 3.36. The Hall–Kier alpha value is 0. The average molecular weight is 247 g/mol. The van der Waals surface area contributed by atoms with Crippen LogP contribution in [0.3, 0.4) is 0 Å². The maximum absolute atomic E-state index is 5.61. The van der Waals surface area contributed by atoms with Gasteiger partial charge in [-0.1, -0.05) is 41.6 Å². The molecule has 0 rings (SSSR count). The molecular formula is C11H19BrO. The topological polar surface area (TPSA) is 9.23 Å². The van der Waals surface area contributed by atoms with Crippen LogP contribution >= 0.6 is 15.9 Å². The van der Waals surface area contributed by atoms with Crippen LogP contribution < -0.4 is 0 Å². The lowest BCUT2D eigenvalue weighted by molar-refractivity contribution is 0.0387. The molecule has 0 spiro atoms. The zero-order valence-electron chi connectivity index (χ0n) is 8.55. The molecule has 0 aliphatic rings. The van der Waals surface area contributed by atoms with E-state index in [4.69, 9.17) is 11.2 Å². The first kappa shape index (κ1) is 13.0. The lowest BCUT2D eigenvalue weighted by Gasteiger charge is -2.16. The van der Waals surface area contributed by atoms with E-state index in [0.717, 1.165) is 11.8 Å². The summed E-state index contributed by atoms with van der Waals surface area (Å²) in [5.74, 6) is 2.68. The second kappa shape index (κ2) is 8.59. The summed E-state index contributed by atoms with van der Waals surface area (Å²) in [5, 5.41) is 0.846. The number of terminal acetylenes is 1. The molecule has 2 atom stereocenters. The molecule has 0 saturated carbocycles. The number of rotatable bonds is 7. The van der Waals surface area contributed by atoms with Gasteiger partial charge in [-0.2, -0.15) is 0 Å². The second-order valence-electron chi connectivity index (χ2n) is 3.25. The molecule has 0 aliphatic carbocycles. The summed E-state index contributed by atoms with van der Waals surface area (Å²) in [6.07, 6.45) is 10.2. The Morgan fingerprint density at radius 2 is 2.15 bits per heavy atom. The molecule has 0 heterocycles. The first-order valence-electron chi connectivity index (χ1n) is 4.92. The van der Waals surface area contributed by atoms with Crippen LogP contribution in [0.25, 0.3) is 0 Å². The molecule has 0 aromatic heterocycles. The lowest BCUT2D eigenvalue weighted by atomic mass is 10.1. The van der Waals surface area contributed by atoms with Gasteiger partial charge in [0.2, 0.25) is 0 Å². The van der Waals surface area contributed by atoms with Gasteiger partial charge in [-0.15, -0.1) is 6.42 Å². The maximum Gasteiger partial charge on any atom is 0.118 e. The molecule has 0 aliphatic heterocycles. The van der Waals surface area contributed by atoms with Gasteiger partial charge in [-0.25, -0.2) is 0 Å². The van der Waals surface area contributed by atoms with Crippen molar-refractivity contribution in [1.82, 2.24) is 0 Å². The summed E-state index contributed by atoms with van der Waals surface area (Å²) in [6, 6.07) is 0. The van der Waals surface area contributed by atoms with Gasteiger partial charge in [0, 0.05) is 5.33 Å². The third kappa shape index (κ3) is 7.10. The van der Waals surface area contributed by atoms with Crippen molar-refractivity contribution >= 4 is 15.9 Å². The summed E-state index contributed by atoms with van der Waals surface area (Å²) < 4.78 is 5.61. The first-order chi connectivity index (χ1) is 6.24. The minimum absolute atomic E-state index is 0.000833. The van der Waals surface area contributed by atoms with Crippen molar-refractivity contribution in [1.29, 1.82) is 0 Å². The van der Waals surface area contributed by atoms with Gasteiger partial charge >= 0.3 is 0 Å². The summed E-state index contributed by atoms with van der Waals surface area (Å²) in [7, 11) is 0. The molecule has 0 radical (unpaired) electrons. The van der Waals surface area contributed by atoms with Crippen LogP contribution in [0, 0.1) is 12.3 Å². The minimum Gasteiger partial charge on any atom is -0.362 e. The molecule has 0 aromatic rings. The van der Waals surface area contributed by atoms with E-state index in [1.807, 2.05) is 6.92 Å². The summed E-state index contributed by atoms with van der Waals surface area (Å²) in [6.45, 7) is 4.21. The molecule has 2 unspecified atom stereocenters. The molecule has 2 heteroatoms. The second-order valence-corrected chi connectivity index (χ2v) is 3.90. The predicted octanol–water partition coefficient (Wildman–Crippen LogP) is 3.37. The van der Waals surface area contributed by atoms with Crippen LogP contribution in [-0.2, 0) is 4.74 Å². The van der Waals surface area contributed by atoms with Gasteiger partial charge in [0.25, 0.3) is 0 Å². The number of halogens is 1. The van der Waals surface area contributed by atoms with Crippen LogP contribution in [0.2, 0.25) is 0 Å². The molecular weight excluding hydrogens is 228 g/mol. The number of alkyl halides is 1. The number of unbranched alkanes of at least 4 members (excludes halogenated alkanes) is 2. The molecule has 76 valence electrons. The van der Waals surface area contributed by atoms with Crippen LogP contribution in [0.15, 0.2) is 0 Å². The van der Waals surface area contributed by atoms with E-state index in [9.17, 15) is 0 Å². The minimum atomic E-state index is -0.000833. The van der Waals surface area contributed by atoms with E-state index in [1.165, 1.54) is 19.3 Å². The Morgan fingerprint density at radius 1 is 1.46 bits per heavy atom. The molecule has 0 amide bonds. The fraction of sp³-hybridized carbons (Fsp3) is 0.818. The smallest absolute Gasteiger partial charge is 0.118 e. The van der Waals surface area contributed by atoms with Gasteiger partial charge in [-0.3, -0.25) is 0 Å². The van der Waals surface area contributed by atoms with Crippen LogP contribution in [0.5, 0.6) is 0 Å². The monoisotopic (exact) mass is 246 g/mol. The van der Waals surface area contributed by atoms with E-state index in [0.29, 0.717) is 0 Å². The lowest BCUT2D eigenvalue weighted by Crippen LogP contribution is -2.19. The molecule has 0 aromatic carbocycles. The quantitative estimate of drug-likeness (QED) is 0.381. The summed E-state index contributed by atoms with van der Waals surface area (Å²) in [4.78, 5) is 0. The molecule has 1 nitrogen and oxygen atoms in total. The van der Waals surface area contributed by atoms with Gasteiger partial charge in [0.1, 0.15) is 6.10 Å². The van der Waals surface area contributed by atoms with Crippen molar-refractivity contribution < 1.29 is 4.74 Å². The fourth-order valence-electron chi connectivity index (χ4n) is 1.09. The van der Waals surface area contributed by atoms with Crippen LogP contribution in [0.1, 0.15) is 39.5 Å². The molecule has 0 bridgehead atoms. The Bertz CT molecular complexity index is 151. The molecule has 13 heavy (non-hydrogen) atoms. The van der Waals surface area contributed by atoms with Crippen molar-refractivity contribution in [2.45, 2.75) is 51.7 Å². The number of hydrogen-bond acceptors (Lipinski definition) is 1. The van der Waals surface area contributed by atoms with Crippen molar-refractivity contribution in [3.05, 3.63) is 0 Å². The number of ether oxygens (including phenoxy) is 1. The SMILES string of the molecule is C#CC(CCCCC)OC(C)CBr. The highest BCUT2D eigenvalue weighted by molar-refractivity contribution is 9.09. The van der Waals surface area contributed by atoms with E-state index < -0.39 is 0 Å². The van der Waals surface area contributed by atoms with Gasteiger partial charge < -0.3 is 4.74 Å². The largest absolute Gasteiger partial charge is 0.362 e. The Balaban J connectivity index is 3.58. The van der Waals surface area contributed by atoms with Crippen molar-refractivity contribution in [3.8, 4) is 12.3 Å². The van der Waals surface area contributed by atoms with E-state index in [2.05, 4.69) is 28.8 Å². The molecule has 0 N–H and O–H groups in total. The van der Waals surface area contributed by atoms with E-state index >= 15 is 0 Å². The Morgan fingerprint density at radius 3 is 2.62 bits per heavy atom. The normalized spacial score (nSPS) is 14.9. The third-order valence-corrected chi connectivity index (χ3v) is 2.78. The average Bonchev–Trinajstić information content (AvgIpc) is 2.16. The predicted molar refractivity (Wildman–Crippen MR) is 61.1 cm³/mol. The highest BCUT2D eigenvalue weighted by atomic mass is 79.9. The van der Waals surface area contributed by atoms with Gasteiger partial charge in [0.05, 0.1) is 6.10 Å². The van der Waals surface area contributed by atoms with Crippen molar-refractivity contribution in [2.75, 3.05) is 5.33 Å². The number of hydrogen-bond donors (Lipinski definition) is 0. The first-order valence-corrected chi connectivity index (χ1v) is 6.04. The molecule has 0 fully saturated rings. The Kier molecular flexibility index (Phi) is 8.59. The zero-order valence-corrected chi connectivity index (χ0v) is 10.1. The highest BCUT2D eigenvalue weighted by Gasteiger charge is 2.08. The summed E-state index contributed by atoms with van der Waals surface area (Å²) in [5.41, 5.74) is 0. The van der Waals surface area contributed by atoms with Crippen molar-refractivity contribution in [2.24, 2.45) is 0 Å². The Labute approximate surface area is 90.4 Å². The van der Waals surface area contributed by atoms with E-state index in [1.54, 1.807) is 0 Å². The maximum atomic E-state index is 5.61. The van der Waals surface area contributed by atoms with Gasteiger partial charge in [-0.05, 0) is 19.8 Å². The van der Waals surface area contributed by atoms with Gasteiger partial charge in [0.15, 0.2) is 0 Å².